The van der Waals surface area contributed by atoms with Crippen LogP contribution in [0.25, 0.3) is 0 Å². The predicted octanol–water partition coefficient (Wildman–Crippen LogP) is 1.74. The number of ether oxygens (including phenoxy) is 1. The Morgan fingerprint density at radius 3 is 2.61 bits per heavy atom. The summed E-state index contributed by atoms with van der Waals surface area (Å²) >= 11 is 0. The topological polar surface area (TPSA) is 83.9 Å². The van der Waals surface area contributed by atoms with Gasteiger partial charge in [0.25, 0.3) is 0 Å². The molecule has 1 aromatic carbocycles. The zero-order valence-electron chi connectivity index (χ0n) is 12.9. The normalized spacial score (nSPS) is 17.7. The minimum absolute atomic E-state index is 0.0162. The number of aliphatic carboxylic acids is 1. The van der Waals surface area contributed by atoms with Gasteiger partial charge in [0.15, 0.2) is 5.78 Å². The molecule has 6 heteroatoms. The maximum absolute atomic E-state index is 12.3. The van der Waals surface area contributed by atoms with Crippen molar-refractivity contribution in [3.8, 4) is 0 Å². The van der Waals surface area contributed by atoms with Gasteiger partial charge in [-0.2, -0.15) is 0 Å². The molecule has 124 valence electrons. The molecule has 1 aromatic rings. The van der Waals surface area contributed by atoms with Crippen LogP contribution in [0, 0.1) is 0 Å². The first-order chi connectivity index (χ1) is 11.1. The Labute approximate surface area is 135 Å². The summed E-state index contributed by atoms with van der Waals surface area (Å²) < 4.78 is 5.25. The van der Waals surface area contributed by atoms with E-state index in [2.05, 4.69) is 0 Å². The van der Waals surface area contributed by atoms with E-state index in [1.54, 1.807) is 17.0 Å². The van der Waals surface area contributed by atoms with E-state index in [1.807, 2.05) is 18.2 Å². The van der Waals surface area contributed by atoms with E-state index < -0.39 is 12.0 Å². The molecule has 0 radical (unpaired) electrons. The maximum Gasteiger partial charge on any atom is 0.305 e. The fourth-order valence-corrected chi connectivity index (χ4v) is 2.67. The lowest BCUT2D eigenvalue weighted by Gasteiger charge is -2.35. The lowest BCUT2D eigenvalue weighted by molar-refractivity contribution is -0.146. The van der Waals surface area contributed by atoms with Crippen molar-refractivity contribution < 1.29 is 24.2 Å². The van der Waals surface area contributed by atoms with Crippen LogP contribution in [0.4, 0.5) is 0 Å². The van der Waals surface area contributed by atoms with Gasteiger partial charge >= 0.3 is 5.97 Å². The lowest BCUT2D eigenvalue weighted by Crippen LogP contribution is -2.49. The van der Waals surface area contributed by atoms with Crippen LogP contribution in [0.5, 0.6) is 0 Å². The molecule has 23 heavy (non-hydrogen) atoms. The van der Waals surface area contributed by atoms with E-state index in [4.69, 9.17) is 9.84 Å². The number of ketones is 1. The highest BCUT2D eigenvalue weighted by molar-refractivity contribution is 5.96. The van der Waals surface area contributed by atoms with E-state index >= 15 is 0 Å². The molecule has 6 nitrogen and oxygen atoms in total. The SMILES string of the molecule is O=C(O)C[C@H]1COCCN1C(=O)CCCC(=O)c1ccccc1. The van der Waals surface area contributed by atoms with Gasteiger partial charge in [-0.15, -0.1) is 0 Å². The third kappa shape index (κ3) is 5.17. The molecule has 0 bridgehead atoms. The Kier molecular flexibility index (Phi) is 6.29. The molecular formula is C17H21NO5. The van der Waals surface area contributed by atoms with Crippen LogP contribution in [0.1, 0.15) is 36.0 Å². The van der Waals surface area contributed by atoms with E-state index in [1.165, 1.54) is 0 Å². The summed E-state index contributed by atoms with van der Waals surface area (Å²) in [5.74, 6) is -1.04. The van der Waals surface area contributed by atoms with Gasteiger partial charge in [0.1, 0.15) is 0 Å². The fourth-order valence-electron chi connectivity index (χ4n) is 2.67. The molecule has 1 amide bonds. The molecule has 0 saturated carbocycles. The number of benzene rings is 1. The fraction of sp³-hybridized carbons (Fsp3) is 0.471. The molecule has 1 heterocycles. The van der Waals surface area contributed by atoms with Crippen LogP contribution < -0.4 is 0 Å². The second-order valence-electron chi connectivity index (χ2n) is 5.56. The second kappa shape index (κ2) is 8.43. The largest absolute Gasteiger partial charge is 0.481 e. The van der Waals surface area contributed by atoms with Crippen molar-refractivity contribution in [3.63, 3.8) is 0 Å². The maximum atomic E-state index is 12.3. The lowest BCUT2D eigenvalue weighted by atomic mass is 10.0. The number of carboxylic acid groups (broad SMARTS) is 1. The standard InChI is InChI=1S/C17H21NO5/c19-15(13-5-2-1-3-6-13)7-4-8-16(20)18-9-10-23-12-14(18)11-17(21)22/h1-3,5-6,14H,4,7-12H2,(H,21,22)/t14-/m0/s1. The van der Waals surface area contributed by atoms with E-state index in [0.717, 1.165) is 0 Å². The zero-order valence-corrected chi connectivity index (χ0v) is 12.9. The molecule has 0 aliphatic carbocycles. The number of hydrogen-bond donors (Lipinski definition) is 1. The number of amides is 1. The molecule has 0 spiro atoms. The summed E-state index contributed by atoms with van der Waals surface area (Å²) in [5.41, 5.74) is 0.648. The smallest absolute Gasteiger partial charge is 0.305 e. The van der Waals surface area contributed by atoms with Gasteiger partial charge in [0.2, 0.25) is 5.91 Å². The van der Waals surface area contributed by atoms with Gasteiger partial charge in [0, 0.05) is 24.9 Å². The minimum Gasteiger partial charge on any atom is -0.481 e. The second-order valence-corrected chi connectivity index (χ2v) is 5.56. The van der Waals surface area contributed by atoms with Crippen molar-refractivity contribution in [1.82, 2.24) is 4.90 Å². The Balaban J connectivity index is 1.81. The Hall–Kier alpha value is -2.21. The molecule has 1 fully saturated rings. The highest BCUT2D eigenvalue weighted by Crippen LogP contribution is 2.14. The molecule has 1 aliphatic heterocycles. The number of nitrogens with zero attached hydrogens (tertiary/aromatic N) is 1. The van der Waals surface area contributed by atoms with Crippen LogP contribution in [-0.4, -0.2) is 53.5 Å². The molecule has 1 N–H and O–H groups in total. The minimum atomic E-state index is -0.947. The third-order valence-electron chi connectivity index (χ3n) is 3.85. The van der Waals surface area contributed by atoms with Gasteiger partial charge in [-0.1, -0.05) is 30.3 Å². The quantitative estimate of drug-likeness (QED) is 0.774. The van der Waals surface area contributed by atoms with Crippen molar-refractivity contribution in [1.29, 1.82) is 0 Å². The number of Topliss-reactive ketones (excluding diaryl/α,β-unsaturated/α-hetero) is 1. The summed E-state index contributed by atoms with van der Waals surface area (Å²) in [5, 5.41) is 8.90. The molecule has 1 saturated heterocycles. The number of carboxylic acids is 1. The monoisotopic (exact) mass is 319 g/mol. The van der Waals surface area contributed by atoms with Gasteiger partial charge in [-0.3, -0.25) is 14.4 Å². The van der Waals surface area contributed by atoms with Crippen molar-refractivity contribution in [2.45, 2.75) is 31.7 Å². The molecule has 2 rings (SSSR count). The Bertz CT molecular complexity index is 557. The van der Waals surface area contributed by atoms with E-state index in [9.17, 15) is 14.4 Å². The third-order valence-corrected chi connectivity index (χ3v) is 3.85. The molecule has 0 aromatic heterocycles. The van der Waals surface area contributed by atoms with Crippen LogP contribution in [0.3, 0.4) is 0 Å². The van der Waals surface area contributed by atoms with Crippen LogP contribution in [-0.2, 0) is 14.3 Å². The average Bonchev–Trinajstić information content (AvgIpc) is 2.55. The Morgan fingerprint density at radius 2 is 1.91 bits per heavy atom. The highest BCUT2D eigenvalue weighted by Gasteiger charge is 2.28. The van der Waals surface area contributed by atoms with Crippen LogP contribution >= 0.6 is 0 Å². The predicted molar refractivity (Wildman–Crippen MR) is 83.2 cm³/mol. The van der Waals surface area contributed by atoms with Gasteiger partial charge in [-0.05, 0) is 6.42 Å². The number of carbonyl (C=O) groups excluding carboxylic acids is 2. The van der Waals surface area contributed by atoms with E-state index in [-0.39, 0.29) is 31.1 Å². The van der Waals surface area contributed by atoms with Crippen molar-refractivity contribution in [2.75, 3.05) is 19.8 Å². The molecule has 1 atom stereocenters. The highest BCUT2D eigenvalue weighted by atomic mass is 16.5. The molecular weight excluding hydrogens is 298 g/mol. The molecule has 0 unspecified atom stereocenters. The summed E-state index contributed by atoms with van der Waals surface area (Å²) in [4.78, 5) is 36.7. The van der Waals surface area contributed by atoms with Gasteiger partial charge in [-0.25, -0.2) is 0 Å². The summed E-state index contributed by atoms with van der Waals surface area (Å²) in [7, 11) is 0. The van der Waals surface area contributed by atoms with Crippen LogP contribution in [0.15, 0.2) is 30.3 Å². The van der Waals surface area contributed by atoms with Crippen molar-refractivity contribution >= 4 is 17.7 Å². The number of hydrogen-bond acceptors (Lipinski definition) is 4. The molecule has 1 aliphatic rings. The van der Waals surface area contributed by atoms with Gasteiger partial charge in [0.05, 0.1) is 25.7 Å². The number of carbonyl (C=O) groups is 3. The first-order valence-electron chi connectivity index (χ1n) is 7.75. The van der Waals surface area contributed by atoms with E-state index in [0.29, 0.717) is 31.6 Å². The first kappa shape index (κ1) is 17.1. The summed E-state index contributed by atoms with van der Waals surface area (Å²) in [6.07, 6.45) is 0.900. The first-order valence-corrected chi connectivity index (χ1v) is 7.75. The van der Waals surface area contributed by atoms with Crippen molar-refractivity contribution in [3.05, 3.63) is 35.9 Å². The summed E-state index contributed by atoms with van der Waals surface area (Å²) in [6.45, 7) is 1.08. The van der Waals surface area contributed by atoms with Crippen molar-refractivity contribution in [2.24, 2.45) is 0 Å². The number of morpholine rings is 1. The number of rotatable bonds is 7. The van der Waals surface area contributed by atoms with Gasteiger partial charge < -0.3 is 14.7 Å². The average molecular weight is 319 g/mol. The Morgan fingerprint density at radius 1 is 1.17 bits per heavy atom. The summed E-state index contributed by atoms with van der Waals surface area (Å²) in [6, 6.07) is 8.56. The zero-order chi connectivity index (χ0) is 16.7. The van der Waals surface area contributed by atoms with Crippen LogP contribution in [0.2, 0.25) is 0 Å².